The Kier molecular flexibility index (Phi) is 4.57. The van der Waals surface area contributed by atoms with Crippen LogP contribution in [0.4, 0.5) is 4.79 Å². The van der Waals surface area contributed by atoms with Crippen LogP contribution >= 0.6 is 11.6 Å². The first-order valence-corrected chi connectivity index (χ1v) is 5.65. The van der Waals surface area contributed by atoms with Crippen LogP contribution in [-0.2, 0) is 4.79 Å². The Balaban J connectivity index is 2.49. The van der Waals surface area contributed by atoms with Gasteiger partial charge in [0.15, 0.2) is 0 Å². The van der Waals surface area contributed by atoms with E-state index in [0.717, 1.165) is 5.76 Å². The summed E-state index contributed by atoms with van der Waals surface area (Å²) in [5.74, 6) is 0.857. The van der Waals surface area contributed by atoms with Gasteiger partial charge in [-0.25, -0.2) is 4.79 Å². The summed E-state index contributed by atoms with van der Waals surface area (Å²) in [7, 11) is 0. The molecule has 0 aliphatic carbocycles. The van der Waals surface area contributed by atoms with E-state index in [0.29, 0.717) is 5.76 Å². The molecule has 1 aromatic heterocycles. The van der Waals surface area contributed by atoms with Crippen molar-refractivity contribution in [2.75, 3.05) is 0 Å². The normalized spacial score (nSPS) is 13.9. The number of urea groups is 1. The molecule has 0 saturated carbocycles. The third kappa shape index (κ3) is 4.11. The molecule has 94 valence electrons. The fourth-order valence-corrected chi connectivity index (χ4v) is 1.26. The summed E-state index contributed by atoms with van der Waals surface area (Å²) in [5.41, 5.74) is 0. The van der Waals surface area contributed by atoms with Gasteiger partial charge in [-0.05, 0) is 32.9 Å². The number of nitrogens with one attached hydrogen (secondary N) is 2. The number of aryl methyl sites for hydroxylation is 1. The quantitative estimate of drug-likeness (QED) is 0.816. The van der Waals surface area contributed by atoms with E-state index in [1.54, 1.807) is 19.1 Å². The topological polar surface area (TPSA) is 71.3 Å². The van der Waals surface area contributed by atoms with Crippen molar-refractivity contribution in [1.29, 1.82) is 0 Å². The highest BCUT2D eigenvalue weighted by molar-refractivity contribution is 6.31. The zero-order valence-electron chi connectivity index (χ0n) is 9.91. The zero-order valence-corrected chi connectivity index (χ0v) is 10.7. The molecule has 1 heterocycles. The van der Waals surface area contributed by atoms with Crippen LogP contribution in [0.1, 0.15) is 31.4 Å². The minimum absolute atomic E-state index is 0.317. The fraction of sp³-hybridized carbons (Fsp3) is 0.455. The molecule has 0 radical (unpaired) electrons. The highest BCUT2D eigenvalue weighted by atomic mass is 35.5. The first kappa shape index (κ1) is 13.6. The van der Waals surface area contributed by atoms with Gasteiger partial charge < -0.3 is 9.73 Å². The van der Waals surface area contributed by atoms with Crippen molar-refractivity contribution in [3.63, 3.8) is 0 Å². The van der Waals surface area contributed by atoms with Gasteiger partial charge in [0.25, 0.3) is 0 Å². The van der Waals surface area contributed by atoms with E-state index in [2.05, 4.69) is 10.6 Å². The monoisotopic (exact) mass is 258 g/mol. The van der Waals surface area contributed by atoms with E-state index in [4.69, 9.17) is 16.0 Å². The SMILES string of the molecule is Cc1ccc(C(C)NC(=O)NC(=O)C(C)Cl)o1. The van der Waals surface area contributed by atoms with Gasteiger partial charge in [-0.1, -0.05) is 0 Å². The summed E-state index contributed by atoms with van der Waals surface area (Å²) in [5, 5.41) is 3.95. The van der Waals surface area contributed by atoms with Crippen LogP contribution < -0.4 is 10.6 Å². The minimum atomic E-state index is -0.748. The molecule has 1 rings (SSSR count). The summed E-state index contributed by atoms with van der Waals surface area (Å²) in [6.07, 6.45) is 0. The van der Waals surface area contributed by atoms with Gasteiger partial charge in [0, 0.05) is 0 Å². The van der Waals surface area contributed by atoms with Crippen molar-refractivity contribution in [2.24, 2.45) is 0 Å². The molecule has 2 atom stereocenters. The first-order valence-electron chi connectivity index (χ1n) is 5.22. The second-order valence-corrected chi connectivity index (χ2v) is 4.40. The van der Waals surface area contributed by atoms with Crippen LogP contribution in [0.5, 0.6) is 0 Å². The summed E-state index contributed by atoms with van der Waals surface area (Å²) in [6, 6.07) is 2.66. The van der Waals surface area contributed by atoms with Crippen molar-refractivity contribution in [2.45, 2.75) is 32.2 Å². The van der Waals surface area contributed by atoms with Gasteiger partial charge in [-0.2, -0.15) is 0 Å². The number of alkyl halides is 1. The van der Waals surface area contributed by atoms with Crippen LogP contribution in [-0.4, -0.2) is 17.3 Å². The second-order valence-electron chi connectivity index (χ2n) is 3.75. The van der Waals surface area contributed by atoms with E-state index >= 15 is 0 Å². The van der Waals surface area contributed by atoms with Crippen molar-refractivity contribution in [1.82, 2.24) is 10.6 Å². The molecular weight excluding hydrogens is 244 g/mol. The molecule has 0 saturated heterocycles. The van der Waals surface area contributed by atoms with Gasteiger partial charge in [0.05, 0.1) is 6.04 Å². The van der Waals surface area contributed by atoms with E-state index in [1.165, 1.54) is 6.92 Å². The number of amides is 3. The Bertz CT molecular complexity index is 415. The maximum atomic E-state index is 11.4. The van der Waals surface area contributed by atoms with Gasteiger partial charge in [0.2, 0.25) is 5.91 Å². The largest absolute Gasteiger partial charge is 0.464 e. The predicted octanol–water partition coefficient (Wildman–Crippen LogP) is 2.10. The molecule has 0 aliphatic rings. The number of halogens is 1. The Morgan fingerprint density at radius 1 is 1.35 bits per heavy atom. The van der Waals surface area contributed by atoms with Crippen LogP contribution in [0.2, 0.25) is 0 Å². The lowest BCUT2D eigenvalue weighted by molar-refractivity contribution is -0.119. The van der Waals surface area contributed by atoms with Crippen molar-refractivity contribution in [3.8, 4) is 0 Å². The number of imide groups is 1. The lowest BCUT2D eigenvalue weighted by atomic mass is 10.2. The smallest absolute Gasteiger partial charge is 0.322 e. The van der Waals surface area contributed by atoms with Crippen molar-refractivity contribution < 1.29 is 14.0 Å². The molecule has 0 aromatic carbocycles. The lowest BCUT2D eigenvalue weighted by Crippen LogP contribution is -2.43. The number of hydrogen-bond donors (Lipinski definition) is 2. The standard InChI is InChI=1S/C11H15ClN2O3/c1-6-4-5-9(17-6)8(3)13-11(16)14-10(15)7(2)12/h4-5,7-8H,1-3H3,(H2,13,14,15,16). The van der Waals surface area contributed by atoms with Crippen LogP contribution in [0.15, 0.2) is 16.5 Å². The van der Waals surface area contributed by atoms with E-state index in [-0.39, 0.29) is 6.04 Å². The molecule has 3 amide bonds. The van der Waals surface area contributed by atoms with Gasteiger partial charge in [-0.3, -0.25) is 10.1 Å². The third-order valence-electron chi connectivity index (χ3n) is 2.13. The Morgan fingerprint density at radius 3 is 2.47 bits per heavy atom. The number of hydrogen-bond acceptors (Lipinski definition) is 3. The molecule has 0 aliphatic heterocycles. The molecule has 17 heavy (non-hydrogen) atoms. The summed E-state index contributed by atoms with van der Waals surface area (Å²) in [4.78, 5) is 22.6. The molecule has 2 unspecified atom stereocenters. The predicted molar refractivity (Wildman–Crippen MR) is 63.8 cm³/mol. The molecule has 0 fully saturated rings. The highest BCUT2D eigenvalue weighted by Gasteiger charge is 2.16. The number of furan rings is 1. The van der Waals surface area contributed by atoms with Gasteiger partial charge >= 0.3 is 6.03 Å². The molecule has 6 heteroatoms. The van der Waals surface area contributed by atoms with Crippen molar-refractivity contribution in [3.05, 3.63) is 23.7 Å². The zero-order chi connectivity index (χ0) is 13.0. The average molecular weight is 259 g/mol. The Hall–Kier alpha value is -1.49. The van der Waals surface area contributed by atoms with Crippen LogP contribution in [0.25, 0.3) is 0 Å². The maximum Gasteiger partial charge on any atom is 0.322 e. The molecule has 5 nitrogen and oxygen atoms in total. The van der Waals surface area contributed by atoms with Crippen LogP contribution in [0.3, 0.4) is 0 Å². The van der Waals surface area contributed by atoms with Crippen molar-refractivity contribution >= 4 is 23.5 Å². The minimum Gasteiger partial charge on any atom is -0.464 e. The second kappa shape index (κ2) is 5.72. The average Bonchev–Trinajstić information content (AvgIpc) is 2.64. The molecule has 1 aromatic rings. The fourth-order valence-electron chi connectivity index (χ4n) is 1.20. The van der Waals surface area contributed by atoms with E-state index < -0.39 is 17.3 Å². The first-order chi connectivity index (χ1) is 7.90. The van der Waals surface area contributed by atoms with Gasteiger partial charge in [0.1, 0.15) is 16.9 Å². The summed E-state index contributed by atoms with van der Waals surface area (Å²) in [6.45, 7) is 5.06. The van der Waals surface area contributed by atoms with Crippen LogP contribution in [0, 0.1) is 6.92 Å². The number of rotatable bonds is 3. The van der Waals surface area contributed by atoms with Gasteiger partial charge in [-0.15, -0.1) is 11.6 Å². The summed E-state index contributed by atoms with van der Waals surface area (Å²) < 4.78 is 5.35. The Morgan fingerprint density at radius 2 is 2.00 bits per heavy atom. The van der Waals surface area contributed by atoms with E-state index in [9.17, 15) is 9.59 Å². The number of carbonyl (C=O) groups excluding carboxylic acids is 2. The molecule has 0 bridgehead atoms. The van der Waals surface area contributed by atoms with E-state index in [1.807, 2.05) is 6.92 Å². The summed E-state index contributed by atoms with van der Waals surface area (Å²) >= 11 is 5.52. The lowest BCUT2D eigenvalue weighted by Gasteiger charge is -2.12. The number of carbonyl (C=O) groups is 2. The maximum absolute atomic E-state index is 11.4. The molecule has 0 spiro atoms. The Labute approximate surface area is 105 Å². The third-order valence-corrected chi connectivity index (χ3v) is 2.33. The molecule has 2 N–H and O–H groups in total. The molecular formula is C11H15ClN2O3. The highest BCUT2D eigenvalue weighted by Crippen LogP contribution is 2.15.